The number of fused-ring (bicyclic) bond motifs is 1. The summed E-state index contributed by atoms with van der Waals surface area (Å²) in [6.45, 7) is 0. The Morgan fingerprint density at radius 1 is 1.05 bits per heavy atom. The summed E-state index contributed by atoms with van der Waals surface area (Å²) in [6, 6.07) is 15.1. The monoisotopic (exact) mass is 264 g/mol. The Labute approximate surface area is 116 Å². The molecule has 20 heavy (non-hydrogen) atoms. The maximum Gasteiger partial charge on any atom is 0.356 e. The maximum absolute atomic E-state index is 11.5. The molecular formula is C16H12N2O2. The van der Waals surface area contributed by atoms with Crippen molar-refractivity contribution >= 4 is 16.9 Å². The Balaban J connectivity index is 2.19. The predicted molar refractivity (Wildman–Crippen MR) is 76.3 cm³/mol. The molecule has 0 saturated heterocycles. The summed E-state index contributed by atoms with van der Waals surface area (Å²) in [5.41, 5.74) is 2.92. The van der Waals surface area contributed by atoms with Crippen LogP contribution in [0.15, 0.2) is 54.7 Å². The lowest BCUT2D eigenvalue weighted by Crippen LogP contribution is -2.04. The normalized spacial score (nSPS) is 10.4. The van der Waals surface area contributed by atoms with Gasteiger partial charge in [0.25, 0.3) is 0 Å². The first-order valence-electron chi connectivity index (χ1n) is 6.19. The quantitative estimate of drug-likeness (QED) is 0.667. The molecule has 98 valence electrons. The average molecular weight is 264 g/mol. The van der Waals surface area contributed by atoms with Gasteiger partial charge in [0.2, 0.25) is 0 Å². The SMILES string of the molecule is COC(=O)c1ccc2c(-c3ccccn3)cccc2n1. The molecule has 4 heteroatoms. The van der Waals surface area contributed by atoms with Crippen LogP contribution >= 0.6 is 0 Å². The molecule has 0 fully saturated rings. The van der Waals surface area contributed by atoms with Crippen molar-refractivity contribution in [3.8, 4) is 11.3 Å². The fourth-order valence-electron chi connectivity index (χ4n) is 2.12. The molecule has 4 nitrogen and oxygen atoms in total. The molecule has 0 aliphatic heterocycles. The van der Waals surface area contributed by atoms with Gasteiger partial charge in [-0.2, -0.15) is 0 Å². The van der Waals surface area contributed by atoms with Crippen molar-refractivity contribution in [2.24, 2.45) is 0 Å². The van der Waals surface area contributed by atoms with Gasteiger partial charge in [-0.15, -0.1) is 0 Å². The molecule has 0 saturated carbocycles. The van der Waals surface area contributed by atoms with E-state index < -0.39 is 5.97 Å². The van der Waals surface area contributed by atoms with Crippen LogP contribution in [0.2, 0.25) is 0 Å². The summed E-state index contributed by atoms with van der Waals surface area (Å²) in [5, 5.41) is 0.957. The van der Waals surface area contributed by atoms with Gasteiger partial charge in [-0.1, -0.05) is 18.2 Å². The van der Waals surface area contributed by atoms with Crippen LogP contribution in [0, 0.1) is 0 Å². The molecule has 0 unspecified atom stereocenters. The highest BCUT2D eigenvalue weighted by Crippen LogP contribution is 2.26. The summed E-state index contributed by atoms with van der Waals surface area (Å²) in [4.78, 5) is 20.2. The van der Waals surface area contributed by atoms with E-state index in [0.717, 1.165) is 22.2 Å². The third-order valence-electron chi connectivity index (χ3n) is 3.07. The van der Waals surface area contributed by atoms with E-state index in [-0.39, 0.29) is 0 Å². The lowest BCUT2D eigenvalue weighted by Gasteiger charge is -2.06. The molecule has 2 heterocycles. The highest BCUT2D eigenvalue weighted by atomic mass is 16.5. The molecule has 0 N–H and O–H groups in total. The number of methoxy groups -OCH3 is 1. The Hall–Kier alpha value is -2.75. The second kappa shape index (κ2) is 5.09. The lowest BCUT2D eigenvalue weighted by atomic mass is 10.0. The van der Waals surface area contributed by atoms with Crippen LogP contribution in [0.25, 0.3) is 22.2 Å². The van der Waals surface area contributed by atoms with Gasteiger partial charge in [0.1, 0.15) is 5.69 Å². The zero-order chi connectivity index (χ0) is 13.9. The molecule has 0 radical (unpaired) electrons. The highest BCUT2D eigenvalue weighted by molar-refractivity contribution is 5.96. The number of ether oxygens (including phenoxy) is 1. The molecule has 1 aromatic carbocycles. The number of carbonyl (C=O) groups excluding carboxylic acids is 1. The second-order valence-electron chi connectivity index (χ2n) is 4.28. The fourth-order valence-corrected chi connectivity index (χ4v) is 2.12. The molecule has 0 atom stereocenters. The summed E-state index contributed by atoms with van der Waals surface area (Å²) < 4.78 is 4.69. The zero-order valence-corrected chi connectivity index (χ0v) is 10.9. The molecule has 0 aliphatic rings. The standard InChI is InChI=1S/C16H12N2O2/c1-20-16(19)15-9-8-12-11(5-4-7-14(12)18-15)13-6-2-3-10-17-13/h2-10H,1H3. The molecular weight excluding hydrogens is 252 g/mol. The molecule has 3 rings (SSSR count). The minimum absolute atomic E-state index is 0.304. The first kappa shape index (κ1) is 12.3. The van der Waals surface area contributed by atoms with Gasteiger partial charge >= 0.3 is 5.97 Å². The largest absolute Gasteiger partial charge is 0.464 e. The number of hydrogen-bond acceptors (Lipinski definition) is 4. The van der Waals surface area contributed by atoms with Crippen molar-refractivity contribution in [3.63, 3.8) is 0 Å². The second-order valence-corrected chi connectivity index (χ2v) is 4.28. The van der Waals surface area contributed by atoms with E-state index in [4.69, 9.17) is 0 Å². The summed E-state index contributed by atoms with van der Waals surface area (Å²) in [7, 11) is 1.35. The van der Waals surface area contributed by atoms with Gasteiger partial charge in [-0.25, -0.2) is 9.78 Å². The molecule has 3 aromatic rings. The van der Waals surface area contributed by atoms with Crippen LogP contribution in [-0.4, -0.2) is 23.0 Å². The third kappa shape index (κ3) is 2.12. The number of nitrogens with zero attached hydrogens (tertiary/aromatic N) is 2. The van der Waals surface area contributed by atoms with Crippen LogP contribution in [0.3, 0.4) is 0 Å². The number of esters is 1. The van der Waals surface area contributed by atoms with Crippen molar-refractivity contribution in [3.05, 3.63) is 60.4 Å². The van der Waals surface area contributed by atoms with Crippen LogP contribution in [-0.2, 0) is 4.74 Å². The van der Waals surface area contributed by atoms with Crippen molar-refractivity contribution in [2.45, 2.75) is 0 Å². The highest BCUT2D eigenvalue weighted by Gasteiger charge is 2.10. The predicted octanol–water partition coefficient (Wildman–Crippen LogP) is 3.08. The Kier molecular flexibility index (Phi) is 3.13. The Bertz CT molecular complexity index is 770. The van der Waals surface area contributed by atoms with E-state index in [0.29, 0.717) is 5.69 Å². The van der Waals surface area contributed by atoms with E-state index in [1.807, 2.05) is 42.5 Å². The van der Waals surface area contributed by atoms with Crippen molar-refractivity contribution in [2.75, 3.05) is 7.11 Å². The van der Waals surface area contributed by atoms with Gasteiger partial charge < -0.3 is 4.74 Å². The van der Waals surface area contributed by atoms with Gasteiger partial charge in [0.05, 0.1) is 18.3 Å². The summed E-state index contributed by atoms with van der Waals surface area (Å²) in [6.07, 6.45) is 1.75. The zero-order valence-electron chi connectivity index (χ0n) is 10.9. The van der Waals surface area contributed by atoms with Gasteiger partial charge in [0.15, 0.2) is 0 Å². The molecule has 0 spiro atoms. The Morgan fingerprint density at radius 3 is 2.70 bits per heavy atom. The number of aromatic nitrogens is 2. The van der Waals surface area contributed by atoms with Crippen LogP contribution < -0.4 is 0 Å². The minimum atomic E-state index is -0.435. The van der Waals surface area contributed by atoms with E-state index >= 15 is 0 Å². The van der Waals surface area contributed by atoms with E-state index in [1.165, 1.54) is 7.11 Å². The number of hydrogen-bond donors (Lipinski definition) is 0. The van der Waals surface area contributed by atoms with E-state index in [1.54, 1.807) is 12.3 Å². The van der Waals surface area contributed by atoms with Crippen molar-refractivity contribution < 1.29 is 9.53 Å². The maximum atomic E-state index is 11.5. The lowest BCUT2D eigenvalue weighted by molar-refractivity contribution is 0.0594. The summed E-state index contributed by atoms with van der Waals surface area (Å²) >= 11 is 0. The Morgan fingerprint density at radius 2 is 1.95 bits per heavy atom. The topological polar surface area (TPSA) is 52.1 Å². The molecule has 2 aromatic heterocycles. The number of rotatable bonds is 2. The van der Waals surface area contributed by atoms with Crippen LogP contribution in [0.5, 0.6) is 0 Å². The minimum Gasteiger partial charge on any atom is -0.464 e. The van der Waals surface area contributed by atoms with Gasteiger partial charge in [-0.05, 0) is 30.3 Å². The van der Waals surface area contributed by atoms with E-state index in [2.05, 4.69) is 14.7 Å². The van der Waals surface area contributed by atoms with Crippen LogP contribution in [0.4, 0.5) is 0 Å². The first-order valence-corrected chi connectivity index (χ1v) is 6.19. The fraction of sp³-hybridized carbons (Fsp3) is 0.0625. The molecule has 0 amide bonds. The van der Waals surface area contributed by atoms with Crippen molar-refractivity contribution in [1.82, 2.24) is 9.97 Å². The third-order valence-corrected chi connectivity index (χ3v) is 3.07. The van der Waals surface area contributed by atoms with E-state index in [9.17, 15) is 4.79 Å². The van der Waals surface area contributed by atoms with Crippen LogP contribution in [0.1, 0.15) is 10.5 Å². The number of benzene rings is 1. The van der Waals surface area contributed by atoms with Crippen molar-refractivity contribution in [1.29, 1.82) is 0 Å². The average Bonchev–Trinajstić information content (AvgIpc) is 2.53. The molecule has 0 bridgehead atoms. The number of carbonyl (C=O) groups is 1. The first-order chi connectivity index (χ1) is 9.79. The smallest absolute Gasteiger partial charge is 0.356 e. The summed E-state index contributed by atoms with van der Waals surface area (Å²) in [5.74, 6) is -0.435. The number of pyridine rings is 2. The van der Waals surface area contributed by atoms with Gasteiger partial charge in [-0.3, -0.25) is 4.98 Å². The molecule has 0 aliphatic carbocycles. The van der Waals surface area contributed by atoms with Gasteiger partial charge in [0, 0.05) is 17.1 Å².